The van der Waals surface area contributed by atoms with Gasteiger partial charge in [-0.05, 0) is 118 Å². The predicted octanol–water partition coefficient (Wildman–Crippen LogP) is 10.2. The Balaban J connectivity index is 0.879. The van der Waals surface area contributed by atoms with Crippen molar-refractivity contribution in [2.24, 2.45) is 0 Å². The smallest absolute Gasteiger partial charge is 0.266 e. The standard InChI is InChI=1S/C55H34N4O6/c60-49(33-19-29-43-45(31-33)53(64)58(51(43)62)39-11-3-1-4-12-39)56-37-25-21-35(22-26-37)55(47-17-9-7-15-41(47)42-16-8-10-18-48(42)55)36-23-27-38(28-24-36)57-50(61)34-20-30-44-46(32-34)54(65)59(52(44)63)40-13-5-2-6-14-40/h1-32H,(H,56,60)(H,57,61). The molecule has 65 heavy (non-hydrogen) atoms. The molecule has 11 rings (SSSR count). The molecule has 0 saturated heterocycles. The Hall–Kier alpha value is -9.02. The number of fused-ring (bicyclic) bond motifs is 5. The first-order chi connectivity index (χ1) is 31.7. The highest BCUT2D eigenvalue weighted by atomic mass is 16.2. The van der Waals surface area contributed by atoms with Crippen LogP contribution in [0.4, 0.5) is 22.7 Å². The zero-order valence-corrected chi connectivity index (χ0v) is 34.3. The number of hydrogen-bond donors (Lipinski definition) is 2. The van der Waals surface area contributed by atoms with E-state index < -0.39 is 40.9 Å². The van der Waals surface area contributed by atoms with Crippen molar-refractivity contribution in [2.45, 2.75) is 5.41 Å². The van der Waals surface area contributed by atoms with E-state index in [4.69, 9.17) is 0 Å². The van der Waals surface area contributed by atoms with E-state index in [1.54, 1.807) is 72.8 Å². The fraction of sp³-hybridized carbons (Fsp3) is 0.0182. The van der Waals surface area contributed by atoms with Crippen LogP contribution in [0.1, 0.15) is 84.4 Å². The monoisotopic (exact) mass is 846 g/mol. The van der Waals surface area contributed by atoms with Crippen molar-refractivity contribution in [3.05, 3.63) is 250 Å². The molecule has 3 aliphatic rings. The third-order valence-corrected chi connectivity index (χ3v) is 12.4. The third kappa shape index (κ3) is 6.11. The summed E-state index contributed by atoms with van der Waals surface area (Å²) in [6.07, 6.45) is 0. The number of nitrogens with zero attached hydrogens (tertiary/aromatic N) is 2. The lowest BCUT2D eigenvalue weighted by Gasteiger charge is -2.34. The molecule has 2 aliphatic heterocycles. The molecule has 2 heterocycles. The molecule has 0 fully saturated rings. The van der Waals surface area contributed by atoms with Crippen LogP contribution in [0.3, 0.4) is 0 Å². The Morgan fingerprint density at radius 3 is 1.11 bits per heavy atom. The highest BCUT2D eigenvalue weighted by Crippen LogP contribution is 2.56. The molecular formula is C55H34N4O6. The molecule has 1 aliphatic carbocycles. The Kier molecular flexibility index (Phi) is 9.03. The summed E-state index contributed by atoms with van der Waals surface area (Å²) in [5.74, 6) is -2.72. The Bertz CT molecular complexity index is 3110. The summed E-state index contributed by atoms with van der Waals surface area (Å²) in [7, 11) is 0. The van der Waals surface area contributed by atoms with Gasteiger partial charge in [0.1, 0.15) is 0 Å². The van der Waals surface area contributed by atoms with E-state index in [1.165, 1.54) is 24.3 Å². The molecule has 10 nitrogen and oxygen atoms in total. The number of rotatable bonds is 8. The Morgan fingerprint density at radius 2 is 0.708 bits per heavy atom. The van der Waals surface area contributed by atoms with E-state index in [2.05, 4.69) is 34.9 Å². The maximum atomic E-state index is 13.7. The molecule has 0 unspecified atom stereocenters. The van der Waals surface area contributed by atoms with Crippen molar-refractivity contribution in [3.8, 4) is 11.1 Å². The van der Waals surface area contributed by atoms with Gasteiger partial charge in [-0.3, -0.25) is 28.8 Å². The summed E-state index contributed by atoms with van der Waals surface area (Å²) in [6.45, 7) is 0. The molecule has 2 N–H and O–H groups in total. The summed E-state index contributed by atoms with van der Waals surface area (Å²) < 4.78 is 0. The molecule has 8 aromatic rings. The van der Waals surface area contributed by atoms with Gasteiger partial charge in [0.2, 0.25) is 0 Å². The molecule has 0 bridgehead atoms. The SMILES string of the molecule is O=C(Nc1ccc(C2(c3ccc(NC(=O)c4ccc5c(c4)C(=O)N(c4ccccc4)C5=O)cc3)c3ccccc3-c3ccccc32)cc1)c1ccc2c(c1)C(=O)N(c1ccccc1)C2=O. The quantitative estimate of drug-likeness (QED) is 0.146. The normalized spacial score (nSPS) is 14.2. The summed E-state index contributed by atoms with van der Waals surface area (Å²) in [4.78, 5) is 82.7. The van der Waals surface area contributed by atoms with Crippen LogP contribution in [0.25, 0.3) is 11.1 Å². The molecule has 0 saturated carbocycles. The average molecular weight is 847 g/mol. The fourth-order valence-electron chi connectivity index (χ4n) is 9.42. The maximum Gasteiger partial charge on any atom is 0.266 e. The number of benzene rings is 8. The number of hydrogen-bond acceptors (Lipinski definition) is 6. The van der Waals surface area contributed by atoms with Crippen molar-refractivity contribution < 1.29 is 28.8 Å². The van der Waals surface area contributed by atoms with Crippen LogP contribution in [-0.4, -0.2) is 35.4 Å². The molecule has 0 spiro atoms. The topological polar surface area (TPSA) is 133 Å². The number of carbonyl (C=O) groups excluding carboxylic acids is 6. The van der Waals surface area contributed by atoms with Gasteiger partial charge in [-0.1, -0.05) is 109 Å². The van der Waals surface area contributed by atoms with Crippen LogP contribution in [0, 0.1) is 0 Å². The minimum atomic E-state index is -0.784. The van der Waals surface area contributed by atoms with Crippen LogP contribution < -0.4 is 20.4 Å². The minimum absolute atomic E-state index is 0.168. The lowest BCUT2D eigenvalue weighted by atomic mass is 9.67. The van der Waals surface area contributed by atoms with Crippen LogP contribution in [-0.2, 0) is 5.41 Å². The molecule has 0 atom stereocenters. The van der Waals surface area contributed by atoms with Gasteiger partial charge in [-0.2, -0.15) is 0 Å². The van der Waals surface area contributed by atoms with Crippen molar-refractivity contribution in [1.29, 1.82) is 0 Å². The van der Waals surface area contributed by atoms with Gasteiger partial charge in [0, 0.05) is 22.5 Å². The van der Waals surface area contributed by atoms with Crippen LogP contribution in [0.2, 0.25) is 0 Å². The minimum Gasteiger partial charge on any atom is -0.322 e. The van der Waals surface area contributed by atoms with Gasteiger partial charge in [0.25, 0.3) is 35.4 Å². The molecule has 10 heteroatoms. The van der Waals surface area contributed by atoms with Gasteiger partial charge >= 0.3 is 0 Å². The maximum absolute atomic E-state index is 13.7. The average Bonchev–Trinajstić information content (AvgIpc) is 3.90. The van der Waals surface area contributed by atoms with Crippen LogP contribution in [0.5, 0.6) is 0 Å². The van der Waals surface area contributed by atoms with E-state index in [0.717, 1.165) is 43.2 Å². The van der Waals surface area contributed by atoms with E-state index in [9.17, 15) is 28.8 Å². The number of nitrogens with one attached hydrogen (secondary N) is 2. The molecular weight excluding hydrogens is 813 g/mol. The van der Waals surface area contributed by atoms with Crippen LogP contribution in [0.15, 0.2) is 194 Å². The third-order valence-electron chi connectivity index (χ3n) is 12.4. The number of amides is 6. The van der Waals surface area contributed by atoms with Crippen LogP contribution >= 0.6 is 0 Å². The molecule has 6 amide bonds. The molecule has 0 radical (unpaired) electrons. The summed E-state index contributed by atoms with van der Waals surface area (Å²) in [5.41, 5.74) is 8.67. The zero-order chi connectivity index (χ0) is 44.4. The van der Waals surface area contributed by atoms with Gasteiger partial charge in [0.05, 0.1) is 39.0 Å². The van der Waals surface area contributed by atoms with Crippen molar-refractivity contribution in [2.75, 3.05) is 20.4 Å². The largest absolute Gasteiger partial charge is 0.322 e. The van der Waals surface area contributed by atoms with Gasteiger partial charge in [-0.15, -0.1) is 0 Å². The van der Waals surface area contributed by atoms with Crippen molar-refractivity contribution in [3.63, 3.8) is 0 Å². The Labute approximate surface area is 372 Å². The lowest BCUT2D eigenvalue weighted by molar-refractivity contribution is 0.0910. The van der Waals surface area contributed by atoms with E-state index in [-0.39, 0.29) is 33.4 Å². The van der Waals surface area contributed by atoms with E-state index in [1.807, 2.05) is 72.8 Å². The molecule has 0 aromatic heterocycles. The van der Waals surface area contributed by atoms with Gasteiger partial charge in [-0.25, -0.2) is 9.80 Å². The van der Waals surface area contributed by atoms with E-state index in [0.29, 0.717) is 22.7 Å². The second-order valence-electron chi connectivity index (χ2n) is 16.0. The highest BCUT2D eigenvalue weighted by molar-refractivity contribution is 6.35. The zero-order valence-electron chi connectivity index (χ0n) is 34.3. The van der Waals surface area contributed by atoms with Crippen molar-refractivity contribution in [1.82, 2.24) is 0 Å². The first-order valence-electron chi connectivity index (χ1n) is 20.9. The summed E-state index contributed by atoms with van der Waals surface area (Å²) in [5, 5.41) is 5.93. The highest BCUT2D eigenvalue weighted by Gasteiger charge is 2.46. The molecule has 310 valence electrons. The first kappa shape index (κ1) is 38.9. The number of anilines is 4. The lowest BCUT2D eigenvalue weighted by Crippen LogP contribution is -2.29. The van der Waals surface area contributed by atoms with Gasteiger partial charge in [0.15, 0.2) is 0 Å². The first-order valence-corrected chi connectivity index (χ1v) is 20.9. The second-order valence-corrected chi connectivity index (χ2v) is 16.0. The number of para-hydroxylation sites is 2. The van der Waals surface area contributed by atoms with E-state index >= 15 is 0 Å². The molecule has 8 aromatic carbocycles. The number of imide groups is 2. The summed E-state index contributed by atoms with van der Waals surface area (Å²) in [6, 6.07) is 58.3. The number of carbonyl (C=O) groups is 6. The van der Waals surface area contributed by atoms with Gasteiger partial charge < -0.3 is 10.6 Å². The fourth-order valence-corrected chi connectivity index (χ4v) is 9.42. The second kappa shape index (κ2) is 15.1. The Morgan fingerprint density at radius 1 is 0.354 bits per heavy atom. The van der Waals surface area contributed by atoms with Crippen molar-refractivity contribution >= 4 is 58.2 Å². The summed E-state index contributed by atoms with van der Waals surface area (Å²) >= 11 is 0. The predicted molar refractivity (Wildman–Crippen MR) is 248 cm³/mol.